The van der Waals surface area contributed by atoms with Crippen molar-refractivity contribution in [1.29, 1.82) is 0 Å². The highest BCUT2D eigenvalue weighted by Gasteiger charge is 2.37. The Kier molecular flexibility index (Phi) is 5.86. The topological polar surface area (TPSA) is 50.6 Å². The second-order valence-electron chi connectivity index (χ2n) is 7.11. The van der Waals surface area contributed by atoms with E-state index in [1.165, 1.54) is 12.1 Å². The molecule has 2 atom stereocenters. The van der Waals surface area contributed by atoms with E-state index in [0.717, 1.165) is 11.6 Å². The molecule has 0 N–H and O–H groups in total. The van der Waals surface area contributed by atoms with Crippen LogP contribution in [0.3, 0.4) is 0 Å². The van der Waals surface area contributed by atoms with Crippen molar-refractivity contribution in [3.8, 4) is 0 Å². The van der Waals surface area contributed by atoms with Gasteiger partial charge in [-0.1, -0.05) is 0 Å². The van der Waals surface area contributed by atoms with Gasteiger partial charge in [-0.05, 0) is 31.8 Å². The number of aryl methyl sites for hydroxylation is 1. The number of morpholine rings is 1. The lowest BCUT2D eigenvalue weighted by atomic mass is 9.99. The second kappa shape index (κ2) is 8.14. The van der Waals surface area contributed by atoms with Crippen molar-refractivity contribution in [2.45, 2.75) is 18.6 Å². The van der Waals surface area contributed by atoms with E-state index in [2.05, 4.69) is 5.10 Å². The summed E-state index contributed by atoms with van der Waals surface area (Å²) in [6, 6.07) is 2.88. The number of benzene rings is 1. The Hall–Kier alpha value is -2.32. The number of hydrogen-bond donors (Lipinski definition) is 0. The van der Waals surface area contributed by atoms with Crippen LogP contribution in [0.15, 0.2) is 30.6 Å². The Labute approximate surface area is 157 Å². The van der Waals surface area contributed by atoms with E-state index >= 15 is 0 Å². The van der Waals surface area contributed by atoms with E-state index in [-0.39, 0.29) is 24.5 Å². The number of aromatic nitrogens is 2. The normalized spacial score (nSPS) is 20.3. The highest BCUT2D eigenvalue weighted by molar-refractivity contribution is 5.79. The molecule has 8 heteroatoms. The Bertz CT molecular complexity index is 789. The van der Waals surface area contributed by atoms with Gasteiger partial charge in [-0.2, -0.15) is 5.10 Å². The van der Waals surface area contributed by atoms with Crippen molar-refractivity contribution in [3.05, 3.63) is 53.4 Å². The number of carbonyl (C=O) groups excluding carboxylic acids is 1. The third-order valence-corrected chi connectivity index (χ3v) is 4.56. The van der Waals surface area contributed by atoms with Crippen molar-refractivity contribution in [2.24, 2.45) is 7.05 Å². The Balaban J connectivity index is 1.86. The van der Waals surface area contributed by atoms with Crippen LogP contribution in [0.2, 0.25) is 0 Å². The molecule has 0 unspecified atom stereocenters. The lowest BCUT2D eigenvalue weighted by Crippen LogP contribution is -2.51. The number of nitrogens with zero attached hydrogens (tertiary/aromatic N) is 4. The zero-order valence-electron chi connectivity index (χ0n) is 15.7. The van der Waals surface area contributed by atoms with Crippen LogP contribution in [0.1, 0.15) is 17.2 Å². The molecule has 0 saturated carbocycles. The highest BCUT2D eigenvalue weighted by atomic mass is 19.1. The van der Waals surface area contributed by atoms with Gasteiger partial charge in [-0.25, -0.2) is 8.78 Å². The molecule has 0 aliphatic carbocycles. The van der Waals surface area contributed by atoms with Gasteiger partial charge in [-0.15, -0.1) is 0 Å². The van der Waals surface area contributed by atoms with Gasteiger partial charge in [0.15, 0.2) is 0 Å². The van der Waals surface area contributed by atoms with E-state index in [1.54, 1.807) is 15.8 Å². The van der Waals surface area contributed by atoms with Gasteiger partial charge in [0.1, 0.15) is 11.6 Å². The molecule has 2 heterocycles. The summed E-state index contributed by atoms with van der Waals surface area (Å²) in [6.07, 6.45) is 3.31. The summed E-state index contributed by atoms with van der Waals surface area (Å²) in [6.45, 7) is 1.47. The van der Waals surface area contributed by atoms with E-state index in [4.69, 9.17) is 4.74 Å². The van der Waals surface area contributed by atoms with Gasteiger partial charge >= 0.3 is 0 Å². The summed E-state index contributed by atoms with van der Waals surface area (Å²) in [7, 11) is 5.70. The molecule has 1 fully saturated rings. The first-order valence-electron chi connectivity index (χ1n) is 8.83. The molecule has 1 aromatic heterocycles. The zero-order chi connectivity index (χ0) is 19.6. The molecule has 0 spiro atoms. The first-order valence-corrected chi connectivity index (χ1v) is 8.83. The first kappa shape index (κ1) is 19.4. The monoisotopic (exact) mass is 378 g/mol. The molecule has 0 radical (unpaired) electrons. The number of hydrogen-bond acceptors (Lipinski definition) is 4. The van der Waals surface area contributed by atoms with Gasteiger partial charge in [0.2, 0.25) is 5.91 Å². The molecule has 3 rings (SSSR count). The van der Waals surface area contributed by atoms with Gasteiger partial charge < -0.3 is 14.5 Å². The highest BCUT2D eigenvalue weighted by Crippen LogP contribution is 2.30. The van der Waals surface area contributed by atoms with Crippen LogP contribution in [0, 0.1) is 11.6 Å². The number of likely N-dealkylation sites (N-methyl/N-ethyl adjacent to an activating group) is 1. The van der Waals surface area contributed by atoms with Crippen molar-refractivity contribution in [1.82, 2.24) is 19.6 Å². The minimum absolute atomic E-state index is 0.0693. The fourth-order valence-electron chi connectivity index (χ4n) is 3.50. The number of carbonyl (C=O) groups is 1. The van der Waals surface area contributed by atoms with Crippen LogP contribution in [-0.4, -0.2) is 65.4 Å². The van der Waals surface area contributed by atoms with E-state index in [0.29, 0.717) is 25.3 Å². The molecule has 0 bridgehead atoms. The van der Waals surface area contributed by atoms with Crippen molar-refractivity contribution in [3.63, 3.8) is 0 Å². The minimum Gasteiger partial charge on any atom is -0.373 e. The maximum absolute atomic E-state index is 13.5. The summed E-state index contributed by atoms with van der Waals surface area (Å²) in [5, 5.41) is 4.22. The van der Waals surface area contributed by atoms with E-state index in [1.807, 2.05) is 32.2 Å². The summed E-state index contributed by atoms with van der Waals surface area (Å²) in [5.41, 5.74) is 1.20. The predicted molar refractivity (Wildman–Crippen MR) is 96.0 cm³/mol. The Morgan fingerprint density at radius 2 is 2.00 bits per heavy atom. The maximum atomic E-state index is 13.5. The minimum atomic E-state index is -0.686. The molecule has 1 aliphatic rings. The van der Waals surface area contributed by atoms with Gasteiger partial charge in [-0.3, -0.25) is 9.48 Å². The van der Waals surface area contributed by atoms with Crippen LogP contribution < -0.4 is 0 Å². The standard InChI is InChI=1S/C19H24F2N4O2/c1-23(2)12-17-19(14-10-22-24(3)11-14)25(4-5-27-17)18(26)8-13-6-15(20)9-16(21)7-13/h6-7,9-11,17,19H,4-5,8,12H2,1-3H3/t17-,19-/m0/s1. The molecule has 2 aromatic rings. The summed E-state index contributed by atoms with van der Waals surface area (Å²) >= 11 is 0. The Morgan fingerprint density at radius 3 is 2.59 bits per heavy atom. The molecular formula is C19H24F2N4O2. The Morgan fingerprint density at radius 1 is 1.30 bits per heavy atom. The number of ether oxygens (including phenoxy) is 1. The summed E-state index contributed by atoms with van der Waals surface area (Å²) in [5.74, 6) is -1.57. The molecular weight excluding hydrogens is 354 g/mol. The lowest BCUT2D eigenvalue weighted by Gasteiger charge is -2.42. The maximum Gasteiger partial charge on any atom is 0.227 e. The smallest absolute Gasteiger partial charge is 0.227 e. The number of rotatable bonds is 5. The molecule has 146 valence electrons. The fourth-order valence-corrected chi connectivity index (χ4v) is 3.50. The quantitative estimate of drug-likeness (QED) is 0.796. The molecule has 6 nitrogen and oxygen atoms in total. The largest absolute Gasteiger partial charge is 0.373 e. The molecule has 1 aromatic carbocycles. The van der Waals surface area contributed by atoms with Gasteiger partial charge in [0, 0.05) is 38.0 Å². The lowest BCUT2D eigenvalue weighted by molar-refractivity contribution is -0.147. The van der Waals surface area contributed by atoms with Crippen molar-refractivity contribution < 1.29 is 18.3 Å². The molecule has 27 heavy (non-hydrogen) atoms. The summed E-state index contributed by atoms with van der Waals surface area (Å²) < 4.78 is 34.6. The van der Waals surface area contributed by atoms with Crippen molar-refractivity contribution in [2.75, 3.05) is 33.8 Å². The van der Waals surface area contributed by atoms with Crippen LogP contribution in [0.4, 0.5) is 8.78 Å². The average molecular weight is 378 g/mol. The number of halogens is 2. The second-order valence-corrected chi connectivity index (χ2v) is 7.11. The first-order chi connectivity index (χ1) is 12.8. The third kappa shape index (κ3) is 4.70. The van der Waals surface area contributed by atoms with Gasteiger partial charge in [0.25, 0.3) is 0 Å². The van der Waals surface area contributed by atoms with E-state index in [9.17, 15) is 13.6 Å². The van der Waals surface area contributed by atoms with Gasteiger partial charge in [0.05, 0.1) is 31.4 Å². The number of amides is 1. The zero-order valence-corrected chi connectivity index (χ0v) is 15.7. The predicted octanol–water partition coefficient (Wildman–Crippen LogP) is 1.77. The fraction of sp³-hybridized carbons (Fsp3) is 0.474. The van der Waals surface area contributed by atoms with Crippen LogP contribution >= 0.6 is 0 Å². The summed E-state index contributed by atoms with van der Waals surface area (Å²) in [4.78, 5) is 16.7. The van der Waals surface area contributed by atoms with Crippen molar-refractivity contribution >= 4 is 5.91 Å². The van der Waals surface area contributed by atoms with E-state index < -0.39 is 11.6 Å². The van der Waals surface area contributed by atoms with Crippen LogP contribution in [0.5, 0.6) is 0 Å². The molecule has 1 amide bonds. The average Bonchev–Trinajstić information content (AvgIpc) is 2.99. The molecule has 1 saturated heterocycles. The SMILES string of the molecule is CN(C)C[C@@H]1OCCN(C(=O)Cc2cc(F)cc(F)c2)[C@H]1c1cnn(C)c1. The molecule has 1 aliphatic heterocycles. The van der Waals surface area contributed by atoms with Crippen LogP contribution in [-0.2, 0) is 23.0 Å². The van der Waals surface area contributed by atoms with Crippen LogP contribution in [0.25, 0.3) is 0 Å². The third-order valence-electron chi connectivity index (χ3n) is 4.56.